The molecule has 0 amide bonds. The average molecular weight is 232 g/mol. The number of likely N-dealkylation sites (tertiary alicyclic amines) is 1. The molecule has 1 aliphatic heterocycles. The number of nitrogens with zero attached hydrogens (tertiary/aromatic N) is 1. The van der Waals surface area contributed by atoms with E-state index in [0.29, 0.717) is 5.75 Å². The van der Waals surface area contributed by atoms with Crippen LogP contribution in [0.2, 0.25) is 0 Å². The van der Waals surface area contributed by atoms with Crippen molar-refractivity contribution in [1.29, 1.82) is 0 Å². The zero-order valence-corrected chi connectivity index (χ0v) is 9.84. The maximum atomic E-state index is 10.4. The van der Waals surface area contributed by atoms with E-state index in [1.54, 1.807) is 11.8 Å². The molecule has 0 bridgehead atoms. The quantitative estimate of drug-likeness (QED) is 0.657. The van der Waals surface area contributed by atoms with Gasteiger partial charge in [0.25, 0.3) is 0 Å². The summed E-state index contributed by atoms with van der Waals surface area (Å²) in [6.07, 6.45) is 3.96. The van der Waals surface area contributed by atoms with Crippen LogP contribution in [0.3, 0.4) is 0 Å². The topological polar surface area (TPSA) is 66.6 Å². The highest BCUT2D eigenvalue weighted by Crippen LogP contribution is 2.10. The van der Waals surface area contributed by atoms with E-state index in [1.807, 2.05) is 0 Å². The van der Waals surface area contributed by atoms with Crippen LogP contribution in [-0.2, 0) is 4.79 Å². The molecule has 1 rings (SSSR count). The van der Waals surface area contributed by atoms with E-state index < -0.39 is 12.0 Å². The van der Waals surface area contributed by atoms with Crippen LogP contribution in [-0.4, -0.2) is 53.2 Å². The molecular weight excluding hydrogens is 212 g/mol. The molecule has 0 aromatic rings. The molecule has 15 heavy (non-hydrogen) atoms. The van der Waals surface area contributed by atoms with Crippen molar-refractivity contribution in [2.75, 3.05) is 31.1 Å². The highest BCUT2D eigenvalue weighted by molar-refractivity contribution is 7.99. The molecule has 1 saturated heterocycles. The summed E-state index contributed by atoms with van der Waals surface area (Å²) in [6, 6.07) is -0.712. The van der Waals surface area contributed by atoms with Crippen molar-refractivity contribution in [2.24, 2.45) is 5.73 Å². The van der Waals surface area contributed by atoms with Gasteiger partial charge in [0.1, 0.15) is 6.04 Å². The van der Waals surface area contributed by atoms with Gasteiger partial charge in [-0.3, -0.25) is 4.79 Å². The number of hydrogen-bond donors (Lipinski definition) is 2. The third-order valence-electron chi connectivity index (χ3n) is 2.62. The van der Waals surface area contributed by atoms with E-state index in [1.165, 1.54) is 32.4 Å². The fourth-order valence-corrected chi connectivity index (χ4v) is 2.61. The van der Waals surface area contributed by atoms with Gasteiger partial charge < -0.3 is 15.7 Å². The Labute approximate surface area is 95.2 Å². The molecule has 0 aromatic carbocycles. The van der Waals surface area contributed by atoms with Gasteiger partial charge >= 0.3 is 5.97 Å². The Balaban J connectivity index is 1.98. The maximum Gasteiger partial charge on any atom is 0.321 e. The van der Waals surface area contributed by atoms with Crippen molar-refractivity contribution >= 4 is 17.7 Å². The Bertz CT molecular complexity index is 196. The molecule has 5 heteroatoms. The normalized spacial score (nSPS) is 20.1. The number of piperidine rings is 1. The molecule has 1 heterocycles. The molecule has 1 aliphatic rings. The molecule has 3 N–H and O–H groups in total. The van der Waals surface area contributed by atoms with Crippen LogP contribution in [0.15, 0.2) is 0 Å². The first-order valence-corrected chi connectivity index (χ1v) is 6.64. The first-order chi connectivity index (χ1) is 7.20. The van der Waals surface area contributed by atoms with E-state index in [2.05, 4.69) is 4.90 Å². The minimum absolute atomic E-state index is 0.517. The Kier molecular flexibility index (Phi) is 6.05. The zero-order chi connectivity index (χ0) is 11.1. The minimum atomic E-state index is -0.902. The monoisotopic (exact) mass is 232 g/mol. The van der Waals surface area contributed by atoms with Crippen molar-refractivity contribution in [3.8, 4) is 0 Å². The Hall–Kier alpha value is -0.260. The van der Waals surface area contributed by atoms with Crippen LogP contribution >= 0.6 is 11.8 Å². The number of carboxylic acid groups (broad SMARTS) is 1. The molecule has 88 valence electrons. The van der Waals surface area contributed by atoms with Gasteiger partial charge in [0, 0.05) is 18.1 Å². The Morgan fingerprint density at radius 1 is 1.40 bits per heavy atom. The molecule has 0 saturated carbocycles. The number of hydrogen-bond acceptors (Lipinski definition) is 4. The highest BCUT2D eigenvalue weighted by atomic mass is 32.2. The first kappa shape index (κ1) is 12.8. The third-order valence-corrected chi connectivity index (χ3v) is 3.68. The van der Waals surface area contributed by atoms with Crippen LogP contribution in [0.25, 0.3) is 0 Å². The van der Waals surface area contributed by atoms with Gasteiger partial charge in [0.05, 0.1) is 0 Å². The summed E-state index contributed by atoms with van der Waals surface area (Å²) in [5.41, 5.74) is 5.40. The van der Waals surface area contributed by atoms with E-state index in [-0.39, 0.29) is 0 Å². The zero-order valence-electron chi connectivity index (χ0n) is 9.02. The van der Waals surface area contributed by atoms with Gasteiger partial charge in [-0.15, -0.1) is 0 Å². The summed E-state index contributed by atoms with van der Waals surface area (Å²) < 4.78 is 0. The molecule has 0 unspecified atom stereocenters. The number of aliphatic carboxylic acids is 1. The lowest BCUT2D eigenvalue weighted by atomic mass is 10.1. The summed E-state index contributed by atoms with van der Waals surface area (Å²) in [5.74, 6) is 0.602. The summed E-state index contributed by atoms with van der Waals surface area (Å²) >= 11 is 1.64. The molecular formula is C10H20N2O2S. The summed E-state index contributed by atoms with van der Waals surface area (Å²) in [7, 11) is 0. The maximum absolute atomic E-state index is 10.4. The van der Waals surface area contributed by atoms with Crippen molar-refractivity contribution in [2.45, 2.75) is 25.3 Å². The second-order valence-electron chi connectivity index (χ2n) is 3.92. The predicted octanol–water partition coefficient (Wildman–Crippen LogP) is 0.617. The lowest BCUT2D eigenvalue weighted by molar-refractivity contribution is -0.137. The standard InChI is InChI=1S/C10H20N2O2S/c11-9(10(13)14)8-15-7-6-12-4-2-1-3-5-12/h9H,1-8,11H2,(H,13,14)/t9-/m0/s1. The van der Waals surface area contributed by atoms with Gasteiger partial charge in [-0.05, 0) is 25.9 Å². The van der Waals surface area contributed by atoms with E-state index >= 15 is 0 Å². The Morgan fingerprint density at radius 3 is 2.67 bits per heavy atom. The van der Waals surface area contributed by atoms with Crippen molar-refractivity contribution in [1.82, 2.24) is 4.90 Å². The van der Waals surface area contributed by atoms with Crippen molar-refractivity contribution in [3.63, 3.8) is 0 Å². The first-order valence-electron chi connectivity index (χ1n) is 5.48. The Morgan fingerprint density at radius 2 is 2.07 bits per heavy atom. The molecule has 4 nitrogen and oxygen atoms in total. The second kappa shape index (κ2) is 7.09. The summed E-state index contributed by atoms with van der Waals surface area (Å²) in [5, 5.41) is 8.58. The van der Waals surface area contributed by atoms with Gasteiger partial charge in [-0.2, -0.15) is 11.8 Å². The van der Waals surface area contributed by atoms with E-state index in [9.17, 15) is 4.79 Å². The minimum Gasteiger partial charge on any atom is -0.480 e. The smallest absolute Gasteiger partial charge is 0.321 e. The molecule has 0 radical (unpaired) electrons. The fraction of sp³-hybridized carbons (Fsp3) is 0.900. The van der Waals surface area contributed by atoms with Gasteiger partial charge in [0.15, 0.2) is 0 Å². The SMILES string of the molecule is N[C@@H](CSCCN1CCCCC1)C(=O)O. The van der Waals surface area contributed by atoms with E-state index in [0.717, 1.165) is 12.3 Å². The second-order valence-corrected chi connectivity index (χ2v) is 5.07. The largest absolute Gasteiger partial charge is 0.480 e. The molecule has 1 atom stereocenters. The van der Waals surface area contributed by atoms with Gasteiger partial charge in [-0.25, -0.2) is 0 Å². The van der Waals surface area contributed by atoms with Crippen LogP contribution in [0, 0.1) is 0 Å². The van der Waals surface area contributed by atoms with Crippen LogP contribution in [0.4, 0.5) is 0 Å². The lowest BCUT2D eigenvalue weighted by Gasteiger charge is -2.26. The number of thioether (sulfide) groups is 1. The third kappa shape index (κ3) is 5.39. The van der Waals surface area contributed by atoms with Gasteiger partial charge in [-0.1, -0.05) is 6.42 Å². The van der Waals surface area contributed by atoms with Crippen LogP contribution in [0.1, 0.15) is 19.3 Å². The molecule has 0 spiro atoms. The number of carboxylic acids is 1. The highest BCUT2D eigenvalue weighted by Gasteiger charge is 2.12. The van der Waals surface area contributed by atoms with Crippen LogP contribution < -0.4 is 5.73 Å². The predicted molar refractivity (Wildman–Crippen MR) is 63.2 cm³/mol. The average Bonchev–Trinajstić information content (AvgIpc) is 2.25. The summed E-state index contributed by atoms with van der Waals surface area (Å²) in [4.78, 5) is 12.9. The van der Waals surface area contributed by atoms with Gasteiger partial charge in [0.2, 0.25) is 0 Å². The number of rotatable bonds is 6. The number of nitrogens with two attached hydrogens (primary N) is 1. The molecule has 1 fully saturated rings. The fourth-order valence-electron chi connectivity index (χ4n) is 1.66. The summed E-state index contributed by atoms with van der Waals surface area (Å²) in [6.45, 7) is 3.47. The van der Waals surface area contributed by atoms with Crippen molar-refractivity contribution in [3.05, 3.63) is 0 Å². The van der Waals surface area contributed by atoms with E-state index in [4.69, 9.17) is 10.8 Å². The molecule has 0 aromatic heterocycles. The van der Waals surface area contributed by atoms with Crippen LogP contribution in [0.5, 0.6) is 0 Å². The number of carbonyl (C=O) groups is 1. The van der Waals surface area contributed by atoms with Crippen molar-refractivity contribution < 1.29 is 9.90 Å². The molecule has 0 aliphatic carbocycles. The lowest BCUT2D eigenvalue weighted by Crippen LogP contribution is -2.34.